The molecule has 0 aliphatic carbocycles. The second kappa shape index (κ2) is 3.60. The molecule has 1 aromatic carbocycles. The zero-order valence-electron chi connectivity index (χ0n) is 7.27. The van der Waals surface area contributed by atoms with Gasteiger partial charge in [0.25, 0.3) is 10.9 Å². The number of hydrogen-bond donors (Lipinski definition) is 0. The molecule has 0 spiro atoms. The Morgan fingerprint density at radius 1 is 1.40 bits per heavy atom. The number of carbonyl (C=O) groups excluding carboxylic acids is 1. The smallest absolute Gasteiger partial charge is 0.270 e. The number of non-ortho nitro benzene ring substituents is 1. The molecule has 0 radical (unpaired) electrons. The van der Waals surface area contributed by atoms with Gasteiger partial charge in [0.15, 0.2) is 0 Å². The fourth-order valence-electron chi connectivity index (χ4n) is 1.23. The lowest BCUT2D eigenvalue weighted by Crippen LogP contribution is -1.85. The Morgan fingerprint density at radius 3 is 2.73 bits per heavy atom. The molecule has 1 aromatic heterocycles. The molecular weight excluding hydrogens is 238 g/mol. The standard InChI is InChI=1S/C9H4ClNO3S/c10-9(12)8-3-5-1-2-6(11(13)14)4-7(5)15-8/h1-4H. The first kappa shape index (κ1) is 10.1. The quantitative estimate of drug-likeness (QED) is 0.461. The minimum absolute atomic E-state index is 0.0120. The van der Waals surface area contributed by atoms with E-state index in [0.29, 0.717) is 9.58 Å². The molecule has 4 nitrogen and oxygen atoms in total. The fraction of sp³-hybridized carbons (Fsp3) is 0. The third-order valence-electron chi connectivity index (χ3n) is 1.91. The Labute approximate surface area is 93.2 Å². The number of nitrogens with zero attached hydrogens (tertiary/aromatic N) is 1. The summed E-state index contributed by atoms with van der Waals surface area (Å²) in [4.78, 5) is 21.3. The van der Waals surface area contributed by atoms with E-state index in [4.69, 9.17) is 11.6 Å². The van der Waals surface area contributed by atoms with E-state index in [1.807, 2.05) is 0 Å². The predicted octanol–water partition coefficient (Wildman–Crippen LogP) is 3.19. The van der Waals surface area contributed by atoms with Gasteiger partial charge in [0, 0.05) is 16.8 Å². The van der Waals surface area contributed by atoms with Crippen molar-refractivity contribution in [1.82, 2.24) is 0 Å². The molecule has 0 aliphatic rings. The van der Waals surface area contributed by atoms with Gasteiger partial charge in [0.2, 0.25) is 0 Å². The van der Waals surface area contributed by atoms with Crippen molar-refractivity contribution in [3.63, 3.8) is 0 Å². The maximum Gasteiger partial charge on any atom is 0.270 e. The molecule has 0 unspecified atom stereocenters. The van der Waals surface area contributed by atoms with Gasteiger partial charge in [-0.25, -0.2) is 0 Å². The predicted molar refractivity (Wildman–Crippen MR) is 58.7 cm³/mol. The topological polar surface area (TPSA) is 60.2 Å². The van der Waals surface area contributed by atoms with Crippen LogP contribution in [0.2, 0.25) is 0 Å². The van der Waals surface area contributed by atoms with Crippen molar-refractivity contribution < 1.29 is 9.72 Å². The van der Waals surface area contributed by atoms with Crippen molar-refractivity contribution in [1.29, 1.82) is 0 Å². The van der Waals surface area contributed by atoms with E-state index < -0.39 is 10.2 Å². The second-order valence-electron chi connectivity index (χ2n) is 2.86. The van der Waals surface area contributed by atoms with Crippen LogP contribution in [0.4, 0.5) is 5.69 Å². The van der Waals surface area contributed by atoms with E-state index >= 15 is 0 Å². The van der Waals surface area contributed by atoms with Gasteiger partial charge >= 0.3 is 0 Å². The molecule has 76 valence electrons. The number of benzene rings is 1. The lowest BCUT2D eigenvalue weighted by Gasteiger charge is -1.89. The van der Waals surface area contributed by atoms with Crippen molar-refractivity contribution in [3.8, 4) is 0 Å². The second-order valence-corrected chi connectivity index (χ2v) is 4.29. The summed E-state index contributed by atoms with van der Waals surface area (Å²) in [5.74, 6) is 0. The van der Waals surface area contributed by atoms with E-state index in [1.165, 1.54) is 12.1 Å². The van der Waals surface area contributed by atoms with Gasteiger partial charge in [-0.2, -0.15) is 0 Å². The van der Waals surface area contributed by atoms with Crippen LogP contribution in [0.25, 0.3) is 10.1 Å². The van der Waals surface area contributed by atoms with Crippen LogP contribution in [-0.4, -0.2) is 10.2 Å². The monoisotopic (exact) mass is 241 g/mol. The summed E-state index contributed by atoms with van der Waals surface area (Å²) in [5.41, 5.74) is 0.0120. The lowest BCUT2D eigenvalue weighted by atomic mass is 10.2. The van der Waals surface area contributed by atoms with Crippen LogP contribution >= 0.6 is 22.9 Å². The SMILES string of the molecule is O=C(Cl)c1cc2ccc([N+](=O)[O-])cc2s1. The Kier molecular flexibility index (Phi) is 2.42. The van der Waals surface area contributed by atoms with Gasteiger partial charge in [-0.3, -0.25) is 14.9 Å². The minimum Gasteiger partial charge on any atom is -0.275 e. The third-order valence-corrected chi connectivity index (χ3v) is 3.32. The highest BCUT2D eigenvalue weighted by molar-refractivity contribution is 7.22. The van der Waals surface area contributed by atoms with Crippen molar-refractivity contribution in [2.45, 2.75) is 0 Å². The van der Waals surface area contributed by atoms with Crippen LogP contribution in [0.15, 0.2) is 24.3 Å². The van der Waals surface area contributed by atoms with Crippen molar-refractivity contribution in [2.75, 3.05) is 0 Å². The highest BCUT2D eigenvalue weighted by Crippen LogP contribution is 2.29. The summed E-state index contributed by atoms with van der Waals surface area (Å²) in [6.07, 6.45) is 0. The first-order chi connectivity index (χ1) is 7.08. The largest absolute Gasteiger partial charge is 0.275 e. The number of thiophene rings is 1. The van der Waals surface area contributed by atoms with Crippen molar-refractivity contribution in [3.05, 3.63) is 39.3 Å². The molecule has 1 heterocycles. The zero-order valence-corrected chi connectivity index (χ0v) is 8.84. The average Bonchev–Trinajstić information content (AvgIpc) is 2.59. The normalized spacial score (nSPS) is 10.5. The van der Waals surface area contributed by atoms with E-state index in [1.54, 1.807) is 12.1 Å². The van der Waals surface area contributed by atoms with E-state index in [0.717, 1.165) is 16.7 Å². The molecule has 0 atom stereocenters. The lowest BCUT2D eigenvalue weighted by molar-refractivity contribution is -0.384. The molecule has 0 saturated heterocycles. The Hall–Kier alpha value is -1.46. The van der Waals surface area contributed by atoms with E-state index in [9.17, 15) is 14.9 Å². The summed E-state index contributed by atoms with van der Waals surface area (Å²) in [5, 5.41) is 10.7. The number of nitro groups is 1. The number of fused-ring (bicyclic) bond motifs is 1. The zero-order chi connectivity index (χ0) is 11.0. The molecule has 0 amide bonds. The van der Waals surface area contributed by atoms with Crippen molar-refractivity contribution >= 4 is 44.0 Å². The molecule has 2 aromatic rings. The molecule has 6 heteroatoms. The maximum absolute atomic E-state index is 10.9. The molecule has 0 fully saturated rings. The number of halogens is 1. The van der Waals surface area contributed by atoms with Gasteiger partial charge in [-0.1, -0.05) is 0 Å². The highest BCUT2D eigenvalue weighted by atomic mass is 35.5. The number of hydrogen-bond acceptors (Lipinski definition) is 4. The highest BCUT2D eigenvalue weighted by Gasteiger charge is 2.11. The van der Waals surface area contributed by atoms with Gasteiger partial charge in [0.1, 0.15) is 0 Å². The summed E-state index contributed by atoms with van der Waals surface area (Å²) < 4.78 is 0.688. The number of carbonyl (C=O) groups is 1. The Balaban J connectivity index is 2.62. The van der Waals surface area contributed by atoms with E-state index in [2.05, 4.69) is 0 Å². The fourth-order valence-corrected chi connectivity index (χ4v) is 2.33. The number of nitro benzene ring substituents is 1. The van der Waals surface area contributed by atoms with Crippen LogP contribution in [0.3, 0.4) is 0 Å². The third kappa shape index (κ3) is 1.84. The summed E-state index contributed by atoms with van der Waals surface area (Å²) in [7, 11) is 0. The maximum atomic E-state index is 10.9. The van der Waals surface area contributed by atoms with Crippen molar-refractivity contribution in [2.24, 2.45) is 0 Å². The van der Waals surface area contributed by atoms with Crippen LogP contribution in [0.5, 0.6) is 0 Å². The molecule has 0 bridgehead atoms. The van der Waals surface area contributed by atoms with Gasteiger partial charge < -0.3 is 0 Å². The van der Waals surface area contributed by atoms with Gasteiger partial charge in [0.05, 0.1) is 9.80 Å². The Morgan fingerprint density at radius 2 is 2.13 bits per heavy atom. The van der Waals surface area contributed by atoms with Crippen LogP contribution in [0, 0.1) is 10.1 Å². The minimum atomic E-state index is -0.543. The molecule has 15 heavy (non-hydrogen) atoms. The first-order valence-corrected chi connectivity index (χ1v) is 5.15. The van der Waals surface area contributed by atoms with Gasteiger partial charge in [-0.15, -0.1) is 11.3 Å². The molecule has 0 saturated carbocycles. The first-order valence-electron chi connectivity index (χ1n) is 3.96. The van der Waals surface area contributed by atoms with E-state index in [-0.39, 0.29) is 5.69 Å². The summed E-state index contributed by atoms with van der Waals surface area (Å²) in [6.45, 7) is 0. The Bertz CT molecular complexity index is 551. The van der Waals surface area contributed by atoms with Crippen LogP contribution < -0.4 is 0 Å². The average molecular weight is 242 g/mol. The summed E-state index contributed by atoms with van der Waals surface area (Å²) >= 11 is 6.47. The van der Waals surface area contributed by atoms with Crippen LogP contribution in [0.1, 0.15) is 9.67 Å². The summed E-state index contributed by atoms with van der Waals surface area (Å²) in [6, 6.07) is 6.06. The van der Waals surface area contributed by atoms with Crippen LogP contribution in [-0.2, 0) is 0 Å². The molecular formula is C9H4ClNO3S. The molecule has 0 N–H and O–H groups in total. The number of rotatable bonds is 2. The molecule has 2 rings (SSSR count). The molecule has 0 aliphatic heterocycles. The van der Waals surface area contributed by atoms with Gasteiger partial charge in [-0.05, 0) is 29.1 Å².